The summed E-state index contributed by atoms with van der Waals surface area (Å²) < 4.78 is 5.21. The van der Waals surface area contributed by atoms with E-state index in [1.165, 1.54) is 5.56 Å². The number of anilines is 1. The number of nitrogens with zero attached hydrogens (tertiary/aromatic N) is 1. The Morgan fingerprint density at radius 2 is 1.81 bits per heavy atom. The Morgan fingerprint density at radius 1 is 1.12 bits per heavy atom. The molecule has 4 heteroatoms. The topological polar surface area (TPSA) is 41.6 Å². The second kappa shape index (κ2) is 9.39. The van der Waals surface area contributed by atoms with E-state index in [-0.39, 0.29) is 17.9 Å². The zero-order valence-electron chi connectivity index (χ0n) is 15.4. The number of rotatable bonds is 7. The van der Waals surface area contributed by atoms with Crippen LogP contribution in [0.1, 0.15) is 25.3 Å². The van der Waals surface area contributed by atoms with Gasteiger partial charge < -0.3 is 10.1 Å². The van der Waals surface area contributed by atoms with Crippen LogP contribution in [0, 0.1) is 5.92 Å². The van der Waals surface area contributed by atoms with Crippen LogP contribution in [0.3, 0.4) is 0 Å². The van der Waals surface area contributed by atoms with Crippen molar-refractivity contribution in [2.75, 3.05) is 25.0 Å². The maximum Gasteiger partial charge on any atom is 0.306 e. The monoisotopic (exact) mass is 352 g/mol. The Bertz CT molecular complexity index is 675. The first kappa shape index (κ1) is 18.5. The lowest BCUT2D eigenvalue weighted by Crippen LogP contribution is -2.46. The highest BCUT2D eigenvalue weighted by Gasteiger charge is 2.31. The standard InChI is InChI=1S/C22H28N2O2/c1-2-26-22(25)15-19-17-24(16-18-9-5-3-6-10-18)14-13-21(19)23-20-11-7-4-8-12-20/h3-12,19,21,23H,2,13-17H2,1H3. The third kappa shape index (κ3) is 5.33. The van der Waals surface area contributed by atoms with E-state index in [1.54, 1.807) is 0 Å². The van der Waals surface area contributed by atoms with Gasteiger partial charge in [-0.3, -0.25) is 9.69 Å². The van der Waals surface area contributed by atoms with E-state index in [0.29, 0.717) is 13.0 Å². The van der Waals surface area contributed by atoms with Crippen molar-refractivity contribution in [1.82, 2.24) is 4.90 Å². The summed E-state index contributed by atoms with van der Waals surface area (Å²) in [4.78, 5) is 14.6. The maximum atomic E-state index is 12.1. The second-order valence-corrected chi connectivity index (χ2v) is 6.90. The van der Waals surface area contributed by atoms with E-state index in [9.17, 15) is 4.79 Å². The molecule has 0 radical (unpaired) electrons. The first-order valence-corrected chi connectivity index (χ1v) is 9.48. The van der Waals surface area contributed by atoms with Gasteiger partial charge >= 0.3 is 5.97 Å². The molecule has 0 bridgehead atoms. The SMILES string of the molecule is CCOC(=O)CC1CN(Cc2ccccc2)CCC1Nc1ccccc1. The van der Waals surface area contributed by atoms with Crippen molar-refractivity contribution in [3.63, 3.8) is 0 Å². The Kier molecular flexibility index (Phi) is 6.67. The molecule has 138 valence electrons. The third-order valence-corrected chi connectivity index (χ3v) is 4.93. The van der Waals surface area contributed by atoms with Gasteiger partial charge in [0.2, 0.25) is 0 Å². The van der Waals surface area contributed by atoms with E-state index >= 15 is 0 Å². The summed E-state index contributed by atoms with van der Waals surface area (Å²) in [6.07, 6.45) is 1.48. The molecule has 3 rings (SSSR count). The molecule has 0 aromatic heterocycles. The predicted octanol–water partition coefficient (Wildman–Crippen LogP) is 3.94. The molecule has 0 amide bonds. The van der Waals surface area contributed by atoms with Gasteiger partial charge in [-0.2, -0.15) is 0 Å². The molecule has 2 aromatic carbocycles. The minimum Gasteiger partial charge on any atom is -0.466 e. The number of hydrogen-bond donors (Lipinski definition) is 1. The highest BCUT2D eigenvalue weighted by Crippen LogP contribution is 2.25. The molecule has 0 aliphatic carbocycles. The van der Waals surface area contributed by atoms with Crippen LogP contribution in [0.25, 0.3) is 0 Å². The molecular weight excluding hydrogens is 324 g/mol. The predicted molar refractivity (Wildman–Crippen MR) is 105 cm³/mol. The van der Waals surface area contributed by atoms with Crippen LogP contribution >= 0.6 is 0 Å². The molecular formula is C22H28N2O2. The van der Waals surface area contributed by atoms with Crippen molar-refractivity contribution >= 4 is 11.7 Å². The molecule has 1 aliphatic heterocycles. The third-order valence-electron chi connectivity index (χ3n) is 4.93. The number of likely N-dealkylation sites (tertiary alicyclic amines) is 1. The normalized spacial score (nSPS) is 20.5. The molecule has 26 heavy (non-hydrogen) atoms. The molecule has 1 heterocycles. The molecule has 1 N–H and O–H groups in total. The Hall–Kier alpha value is -2.33. The molecule has 0 spiro atoms. The quantitative estimate of drug-likeness (QED) is 0.766. The molecule has 2 atom stereocenters. The minimum absolute atomic E-state index is 0.0982. The van der Waals surface area contributed by atoms with Crippen LogP contribution in [0.5, 0.6) is 0 Å². The Balaban J connectivity index is 1.66. The number of benzene rings is 2. The average Bonchev–Trinajstić information content (AvgIpc) is 2.66. The largest absolute Gasteiger partial charge is 0.466 e. The molecule has 1 aliphatic rings. The van der Waals surface area contributed by atoms with Gasteiger partial charge in [0.1, 0.15) is 0 Å². The smallest absolute Gasteiger partial charge is 0.306 e. The van der Waals surface area contributed by atoms with Crippen molar-refractivity contribution in [2.24, 2.45) is 5.92 Å². The number of para-hydroxylation sites is 1. The molecule has 0 saturated carbocycles. The van der Waals surface area contributed by atoms with Gasteiger partial charge in [0.05, 0.1) is 13.0 Å². The Labute approximate surface area is 156 Å². The number of esters is 1. The van der Waals surface area contributed by atoms with Gasteiger partial charge in [-0.1, -0.05) is 48.5 Å². The lowest BCUT2D eigenvalue weighted by Gasteiger charge is -2.39. The lowest BCUT2D eigenvalue weighted by atomic mass is 9.88. The summed E-state index contributed by atoms with van der Waals surface area (Å²) in [5.74, 6) is 0.144. The summed E-state index contributed by atoms with van der Waals surface area (Å²) in [6, 6.07) is 21.1. The number of carbonyl (C=O) groups is 1. The first-order chi connectivity index (χ1) is 12.7. The van der Waals surface area contributed by atoms with E-state index in [2.05, 4.69) is 46.6 Å². The van der Waals surface area contributed by atoms with Crippen molar-refractivity contribution < 1.29 is 9.53 Å². The van der Waals surface area contributed by atoms with Gasteiger partial charge in [0, 0.05) is 37.3 Å². The zero-order chi connectivity index (χ0) is 18.2. The summed E-state index contributed by atoms with van der Waals surface area (Å²) in [5, 5.41) is 3.63. The van der Waals surface area contributed by atoms with Gasteiger partial charge in [-0.15, -0.1) is 0 Å². The van der Waals surface area contributed by atoms with Crippen molar-refractivity contribution in [3.8, 4) is 0 Å². The van der Waals surface area contributed by atoms with Crippen molar-refractivity contribution in [1.29, 1.82) is 0 Å². The van der Waals surface area contributed by atoms with E-state index in [4.69, 9.17) is 4.74 Å². The zero-order valence-corrected chi connectivity index (χ0v) is 15.4. The number of piperidine rings is 1. The van der Waals surface area contributed by atoms with Gasteiger partial charge in [-0.25, -0.2) is 0 Å². The fraction of sp³-hybridized carbons (Fsp3) is 0.409. The van der Waals surface area contributed by atoms with Crippen LogP contribution < -0.4 is 5.32 Å². The second-order valence-electron chi connectivity index (χ2n) is 6.90. The van der Waals surface area contributed by atoms with Crippen LogP contribution in [-0.2, 0) is 16.1 Å². The highest BCUT2D eigenvalue weighted by atomic mass is 16.5. The number of nitrogens with one attached hydrogen (secondary N) is 1. The Morgan fingerprint density at radius 3 is 2.50 bits per heavy atom. The van der Waals surface area contributed by atoms with E-state index in [1.807, 2.05) is 31.2 Å². The highest BCUT2D eigenvalue weighted by molar-refractivity contribution is 5.70. The maximum absolute atomic E-state index is 12.1. The van der Waals surface area contributed by atoms with Crippen molar-refractivity contribution in [3.05, 3.63) is 66.2 Å². The average molecular weight is 352 g/mol. The summed E-state index contributed by atoms with van der Waals surface area (Å²) in [6.45, 7) is 5.16. The number of hydrogen-bond acceptors (Lipinski definition) is 4. The first-order valence-electron chi connectivity index (χ1n) is 9.48. The molecule has 2 unspecified atom stereocenters. The van der Waals surface area contributed by atoms with Crippen LogP contribution in [-0.4, -0.2) is 36.6 Å². The lowest BCUT2D eigenvalue weighted by molar-refractivity contribution is -0.144. The van der Waals surface area contributed by atoms with Crippen LogP contribution in [0.2, 0.25) is 0 Å². The fourth-order valence-corrected chi connectivity index (χ4v) is 3.67. The fourth-order valence-electron chi connectivity index (χ4n) is 3.67. The van der Waals surface area contributed by atoms with E-state index < -0.39 is 0 Å². The van der Waals surface area contributed by atoms with Crippen LogP contribution in [0.4, 0.5) is 5.69 Å². The number of ether oxygens (including phenoxy) is 1. The molecule has 4 nitrogen and oxygen atoms in total. The van der Waals surface area contributed by atoms with E-state index in [0.717, 1.165) is 31.7 Å². The number of carbonyl (C=O) groups excluding carboxylic acids is 1. The summed E-state index contributed by atoms with van der Waals surface area (Å²) >= 11 is 0. The minimum atomic E-state index is -0.0982. The van der Waals surface area contributed by atoms with Crippen LogP contribution in [0.15, 0.2) is 60.7 Å². The van der Waals surface area contributed by atoms with Gasteiger partial charge in [-0.05, 0) is 31.0 Å². The molecule has 2 aromatic rings. The van der Waals surface area contributed by atoms with Crippen molar-refractivity contribution in [2.45, 2.75) is 32.4 Å². The summed E-state index contributed by atoms with van der Waals surface area (Å²) in [5.41, 5.74) is 2.43. The van der Waals surface area contributed by atoms with Gasteiger partial charge in [0.15, 0.2) is 0 Å². The molecule has 1 fully saturated rings. The van der Waals surface area contributed by atoms with Gasteiger partial charge in [0.25, 0.3) is 0 Å². The molecule has 1 saturated heterocycles. The summed E-state index contributed by atoms with van der Waals surface area (Å²) in [7, 11) is 0.